The quantitative estimate of drug-likeness (QED) is 0.137. The van der Waals surface area contributed by atoms with E-state index < -0.39 is 0 Å². The van der Waals surface area contributed by atoms with E-state index in [1.54, 1.807) is 0 Å². The van der Waals surface area contributed by atoms with E-state index in [0.29, 0.717) is 0 Å². The van der Waals surface area contributed by atoms with E-state index in [1.165, 1.54) is 26.8 Å². The summed E-state index contributed by atoms with van der Waals surface area (Å²) in [7, 11) is -0.768. The summed E-state index contributed by atoms with van der Waals surface area (Å²) in [6.07, 6.45) is 17.5. The fraction of sp³-hybridized carbons (Fsp3) is 0.139. The third-order valence-electron chi connectivity index (χ3n) is 6.79. The molecule has 4 aromatic carbocycles. The van der Waals surface area contributed by atoms with Crippen LogP contribution in [0.15, 0.2) is 162 Å². The van der Waals surface area contributed by atoms with Crippen molar-refractivity contribution in [1.82, 2.24) is 0 Å². The zero-order valence-electron chi connectivity index (χ0n) is 22.3. The molecule has 1 unspecified atom stereocenters. The van der Waals surface area contributed by atoms with Gasteiger partial charge < -0.3 is 0 Å². The van der Waals surface area contributed by atoms with E-state index >= 15 is 0 Å². The number of benzene rings is 4. The van der Waals surface area contributed by atoms with E-state index in [-0.39, 0.29) is 21.9 Å². The van der Waals surface area contributed by atoms with E-state index in [9.17, 15) is 0 Å². The van der Waals surface area contributed by atoms with Gasteiger partial charge in [-0.15, -0.1) is 0 Å². The molecule has 3 heteroatoms. The highest BCUT2D eigenvalue weighted by Crippen LogP contribution is 2.35. The Balaban J connectivity index is 1.23. The van der Waals surface area contributed by atoms with Crippen LogP contribution in [0.25, 0.3) is 0 Å². The van der Waals surface area contributed by atoms with Gasteiger partial charge in [-0.25, -0.2) is 0 Å². The highest BCUT2D eigenvalue weighted by Gasteiger charge is 2.15. The molecule has 1 aliphatic rings. The number of aliphatic imine (C=N–C) groups is 1. The van der Waals surface area contributed by atoms with Crippen LogP contribution in [0.4, 0.5) is 0 Å². The molecule has 0 aliphatic heterocycles. The highest BCUT2D eigenvalue weighted by atomic mass is 31.1. The Hall–Kier alpha value is -3.37. The molecule has 0 bridgehead atoms. The molecule has 194 valence electrons. The van der Waals surface area contributed by atoms with Crippen LogP contribution in [0.5, 0.6) is 0 Å². The lowest BCUT2D eigenvalue weighted by Crippen LogP contribution is -2.14. The van der Waals surface area contributed by atoms with Crippen LogP contribution in [0.1, 0.15) is 12.8 Å². The molecular weight excluding hydrogens is 508 g/mol. The lowest BCUT2D eigenvalue weighted by Gasteiger charge is -2.19. The van der Waals surface area contributed by atoms with Crippen molar-refractivity contribution in [3.8, 4) is 0 Å². The van der Waals surface area contributed by atoms with Crippen LogP contribution in [0.2, 0.25) is 0 Å². The Kier molecular flexibility index (Phi) is 10.2. The first-order chi connectivity index (χ1) is 19.4. The second kappa shape index (κ2) is 14.7. The smallest absolute Gasteiger partial charge is 0.0926 e. The van der Waals surface area contributed by atoms with Gasteiger partial charge in [-0.1, -0.05) is 152 Å². The van der Waals surface area contributed by atoms with Gasteiger partial charge >= 0.3 is 0 Å². The molecule has 0 N–H and O–H groups in total. The lowest BCUT2D eigenvalue weighted by molar-refractivity contribution is 0.957. The molecule has 39 heavy (non-hydrogen) atoms. The third kappa shape index (κ3) is 7.83. The van der Waals surface area contributed by atoms with Gasteiger partial charge in [0.2, 0.25) is 0 Å². The fourth-order valence-corrected chi connectivity index (χ4v) is 9.37. The number of hydrogen-bond acceptors (Lipinski definition) is 1. The first-order valence-electron chi connectivity index (χ1n) is 13.7. The minimum Gasteiger partial charge on any atom is -0.285 e. The van der Waals surface area contributed by atoms with Crippen LogP contribution in [0.3, 0.4) is 0 Å². The van der Waals surface area contributed by atoms with Crippen molar-refractivity contribution in [2.24, 2.45) is 4.99 Å². The molecule has 0 fully saturated rings. The summed E-state index contributed by atoms with van der Waals surface area (Å²) < 4.78 is 0. The number of allylic oxidation sites excluding steroid dienone is 3. The third-order valence-corrected chi connectivity index (χ3v) is 11.9. The summed E-state index contributed by atoms with van der Waals surface area (Å²) in [5.74, 6) is 0. The molecule has 0 spiro atoms. The van der Waals surface area contributed by atoms with Gasteiger partial charge in [-0.2, -0.15) is 0 Å². The standard InChI is InChI=1S/C36H35NP2/c1-5-19-32(20-6-1)38(33-21-7-2-8-22-33)29-15-18-31-17-13-14-27-36(31)37-28-16-30-39(34-23-9-3-10-24-34)35-25-11-4-12-26-35/h1-14,17-28,36H,15-16,29-30H2. The van der Waals surface area contributed by atoms with Crippen molar-refractivity contribution in [1.29, 1.82) is 0 Å². The summed E-state index contributed by atoms with van der Waals surface area (Å²) in [5, 5.41) is 5.75. The molecular formula is C36H35NP2. The maximum Gasteiger partial charge on any atom is 0.0926 e. The van der Waals surface area contributed by atoms with Crippen LogP contribution < -0.4 is 21.2 Å². The Bertz CT molecular complexity index is 1310. The molecule has 5 rings (SSSR count). The average molecular weight is 544 g/mol. The Morgan fingerprint density at radius 2 is 0.974 bits per heavy atom. The van der Waals surface area contributed by atoms with Gasteiger partial charge in [0.15, 0.2) is 0 Å². The van der Waals surface area contributed by atoms with Crippen molar-refractivity contribution in [3.63, 3.8) is 0 Å². The molecule has 1 nitrogen and oxygen atoms in total. The molecule has 4 aromatic rings. The normalized spacial score (nSPS) is 16.1. The molecule has 0 saturated carbocycles. The predicted octanol–water partition coefficient (Wildman–Crippen LogP) is 7.52. The molecule has 0 aromatic heterocycles. The van der Waals surface area contributed by atoms with Crippen LogP contribution in [-0.4, -0.2) is 24.6 Å². The van der Waals surface area contributed by atoms with Crippen molar-refractivity contribution < 1.29 is 0 Å². The van der Waals surface area contributed by atoms with Crippen LogP contribution in [0, 0.1) is 0 Å². The second-order valence-electron chi connectivity index (χ2n) is 9.45. The van der Waals surface area contributed by atoms with Gasteiger partial charge in [0.25, 0.3) is 0 Å². The minimum atomic E-state index is -0.388. The monoisotopic (exact) mass is 543 g/mol. The first kappa shape index (κ1) is 27.2. The Morgan fingerprint density at radius 1 is 0.538 bits per heavy atom. The van der Waals surface area contributed by atoms with Crippen molar-refractivity contribution in [2.45, 2.75) is 18.9 Å². The van der Waals surface area contributed by atoms with Crippen molar-refractivity contribution in [3.05, 3.63) is 157 Å². The molecule has 1 atom stereocenters. The molecule has 0 heterocycles. The van der Waals surface area contributed by atoms with E-state index in [1.807, 2.05) is 0 Å². The molecule has 0 saturated heterocycles. The van der Waals surface area contributed by atoms with E-state index in [2.05, 4.69) is 158 Å². The van der Waals surface area contributed by atoms with Gasteiger partial charge in [0.05, 0.1) is 6.04 Å². The van der Waals surface area contributed by atoms with Crippen molar-refractivity contribution >= 4 is 43.3 Å². The SMILES string of the molecule is C1=CC(=CCCP(c2ccccc2)c2ccccc2)C(N=CCCP(c2ccccc2)c2ccccc2)C=C1. The summed E-state index contributed by atoms with van der Waals surface area (Å²) in [6.45, 7) is 0. The minimum absolute atomic E-state index is 0.106. The lowest BCUT2D eigenvalue weighted by atomic mass is 10.0. The van der Waals surface area contributed by atoms with Crippen molar-refractivity contribution in [2.75, 3.05) is 12.3 Å². The molecule has 0 amide bonds. The summed E-state index contributed by atoms with van der Waals surface area (Å²) in [5.41, 5.74) is 1.30. The maximum atomic E-state index is 5.02. The Morgan fingerprint density at radius 3 is 1.44 bits per heavy atom. The summed E-state index contributed by atoms with van der Waals surface area (Å²) >= 11 is 0. The van der Waals surface area contributed by atoms with Crippen LogP contribution >= 0.6 is 15.8 Å². The van der Waals surface area contributed by atoms with Gasteiger partial charge in [0.1, 0.15) is 0 Å². The average Bonchev–Trinajstić information content (AvgIpc) is 3.02. The van der Waals surface area contributed by atoms with Gasteiger partial charge in [-0.3, -0.25) is 4.99 Å². The summed E-state index contributed by atoms with van der Waals surface area (Å²) in [6, 6.07) is 44.0. The number of rotatable bonds is 11. The van der Waals surface area contributed by atoms with Crippen LogP contribution in [-0.2, 0) is 0 Å². The predicted molar refractivity (Wildman–Crippen MR) is 176 cm³/mol. The zero-order chi connectivity index (χ0) is 26.5. The summed E-state index contributed by atoms with van der Waals surface area (Å²) in [4.78, 5) is 5.02. The van der Waals surface area contributed by atoms with Gasteiger partial charge in [-0.05, 0) is 67.8 Å². The first-order valence-corrected chi connectivity index (χ1v) is 16.8. The molecule has 0 radical (unpaired) electrons. The zero-order valence-corrected chi connectivity index (χ0v) is 24.0. The van der Waals surface area contributed by atoms with Gasteiger partial charge in [0, 0.05) is 6.21 Å². The highest BCUT2D eigenvalue weighted by molar-refractivity contribution is 7.73. The topological polar surface area (TPSA) is 12.4 Å². The largest absolute Gasteiger partial charge is 0.285 e. The van der Waals surface area contributed by atoms with E-state index in [0.717, 1.165) is 25.2 Å². The van der Waals surface area contributed by atoms with E-state index in [4.69, 9.17) is 4.99 Å². The number of nitrogens with zero attached hydrogens (tertiary/aromatic N) is 1. The maximum absolute atomic E-state index is 5.02. The fourth-order valence-electron chi connectivity index (χ4n) is 4.85. The Labute approximate surface area is 236 Å². The second-order valence-corrected chi connectivity index (χ2v) is 14.1. The molecule has 1 aliphatic carbocycles. The number of hydrogen-bond donors (Lipinski definition) is 0.